The van der Waals surface area contributed by atoms with Crippen molar-refractivity contribution in [2.45, 2.75) is 44.8 Å². The second-order valence-electron chi connectivity index (χ2n) is 5.89. The largest absolute Gasteiger partial charge is 0.389 e. The Morgan fingerprint density at radius 3 is 3.00 bits per heavy atom. The topological polar surface area (TPSA) is 41.5 Å². The number of hydrogen-bond donors (Lipinski definition) is 2. The predicted molar refractivity (Wildman–Crippen MR) is 83.3 cm³/mol. The zero-order valence-corrected chi connectivity index (χ0v) is 13.1. The van der Waals surface area contributed by atoms with E-state index in [0.717, 1.165) is 12.8 Å². The highest BCUT2D eigenvalue weighted by Crippen LogP contribution is 2.25. The number of rotatable bonds is 6. The minimum atomic E-state index is -0.655. The molecule has 1 fully saturated rings. The van der Waals surface area contributed by atoms with Crippen molar-refractivity contribution in [2.24, 2.45) is 5.92 Å². The van der Waals surface area contributed by atoms with E-state index in [0.29, 0.717) is 16.6 Å². The Morgan fingerprint density at radius 2 is 2.29 bits per heavy atom. The van der Waals surface area contributed by atoms with Crippen LogP contribution in [0.3, 0.4) is 0 Å². The molecule has 0 radical (unpaired) electrons. The maximum Gasteiger partial charge on any atom is 0.147 e. The van der Waals surface area contributed by atoms with Gasteiger partial charge >= 0.3 is 0 Å². The van der Waals surface area contributed by atoms with Crippen molar-refractivity contribution in [3.8, 4) is 0 Å². The Labute approximate surface area is 130 Å². The number of ether oxygens (including phenoxy) is 1. The molecule has 5 heteroatoms. The first-order valence-electron chi connectivity index (χ1n) is 7.53. The molecule has 1 aliphatic carbocycles. The third kappa shape index (κ3) is 5.46. The van der Waals surface area contributed by atoms with Crippen LogP contribution in [0.2, 0.25) is 5.02 Å². The van der Waals surface area contributed by atoms with Crippen LogP contribution < -0.4 is 5.32 Å². The van der Waals surface area contributed by atoms with Crippen molar-refractivity contribution in [3.63, 3.8) is 0 Å². The molecule has 2 N–H and O–H groups in total. The summed E-state index contributed by atoms with van der Waals surface area (Å²) in [6, 6.07) is 4.42. The lowest BCUT2D eigenvalue weighted by molar-refractivity contribution is -0.0274. The van der Waals surface area contributed by atoms with Gasteiger partial charge < -0.3 is 15.2 Å². The molecule has 118 valence electrons. The van der Waals surface area contributed by atoms with E-state index in [1.54, 1.807) is 12.1 Å². The van der Waals surface area contributed by atoms with E-state index < -0.39 is 11.9 Å². The van der Waals surface area contributed by atoms with E-state index >= 15 is 0 Å². The zero-order chi connectivity index (χ0) is 15.2. The lowest BCUT2D eigenvalue weighted by Crippen LogP contribution is -2.30. The molecule has 21 heavy (non-hydrogen) atoms. The van der Waals surface area contributed by atoms with Crippen LogP contribution in [-0.2, 0) is 4.74 Å². The molecule has 0 amide bonds. The number of nitrogens with one attached hydrogen (secondary N) is 1. The highest BCUT2D eigenvalue weighted by atomic mass is 35.5. The SMILES string of the molecule is CC1CCCC(OCC(O)CNc2ccc(Cl)cc2F)C1. The van der Waals surface area contributed by atoms with Gasteiger partial charge in [-0.3, -0.25) is 0 Å². The Bertz CT molecular complexity index is 458. The van der Waals surface area contributed by atoms with Gasteiger partial charge in [-0.1, -0.05) is 31.4 Å². The lowest BCUT2D eigenvalue weighted by atomic mass is 9.89. The smallest absolute Gasteiger partial charge is 0.147 e. The molecular weight excluding hydrogens is 293 g/mol. The highest BCUT2D eigenvalue weighted by Gasteiger charge is 2.20. The van der Waals surface area contributed by atoms with Gasteiger partial charge in [0.2, 0.25) is 0 Å². The van der Waals surface area contributed by atoms with Crippen LogP contribution in [0.5, 0.6) is 0 Å². The standard InChI is InChI=1S/C16H23ClFNO2/c1-11-3-2-4-14(7-11)21-10-13(20)9-19-16-6-5-12(17)8-15(16)18/h5-6,8,11,13-14,19-20H,2-4,7,9-10H2,1H3. The molecule has 1 aliphatic rings. The second kappa shape index (κ2) is 7.97. The van der Waals surface area contributed by atoms with Crippen LogP contribution in [0.4, 0.5) is 10.1 Å². The van der Waals surface area contributed by atoms with Crippen molar-refractivity contribution in [1.29, 1.82) is 0 Å². The van der Waals surface area contributed by atoms with E-state index in [1.165, 1.54) is 18.9 Å². The molecule has 0 heterocycles. The number of hydrogen-bond acceptors (Lipinski definition) is 3. The fraction of sp³-hybridized carbons (Fsp3) is 0.625. The fourth-order valence-corrected chi connectivity index (χ4v) is 2.86. The Morgan fingerprint density at radius 1 is 1.48 bits per heavy atom. The number of aliphatic hydroxyl groups excluding tert-OH is 1. The van der Waals surface area contributed by atoms with Gasteiger partial charge in [-0.25, -0.2) is 4.39 Å². The zero-order valence-electron chi connectivity index (χ0n) is 12.3. The van der Waals surface area contributed by atoms with Gasteiger partial charge in [0, 0.05) is 11.6 Å². The van der Waals surface area contributed by atoms with Gasteiger partial charge in [0.25, 0.3) is 0 Å². The van der Waals surface area contributed by atoms with Gasteiger partial charge in [0.05, 0.1) is 24.5 Å². The number of aliphatic hydroxyl groups is 1. The first-order valence-corrected chi connectivity index (χ1v) is 7.91. The van der Waals surface area contributed by atoms with Crippen LogP contribution in [0.15, 0.2) is 18.2 Å². The number of halogens is 2. The molecule has 0 aromatic heterocycles. The van der Waals surface area contributed by atoms with Crippen LogP contribution in [0, 0.1) is 11.7 Å². The van der Waals surface area contributed by atoms with Gasteiger partial charge in [0.1, 0.15) is 5.82 Å². The van der Waals surface area contributed by atoms with E-state index in [1.807, 2.05) is 0 Å². The third-order valence-electron chi connectivity index (χ3n) is 3.87. The molecule has 0 bridgehead atoms. The van der Waals surface area contributed by atoms with Crippen LogP contribution in [0.1, 0.15) is 32.6 Å². The predicted octanol–water partition coefficient (Wildman–Crippen LogP) is 3.85. The summed E-state index contributed by atoms with van der Waals surface area (Å²) in [5.74, 6) is 0.277. The van der Waals surface area contributed by atoms with Crippen molar-refractivity contribution >= 4 is 17.3 Å². The summed E-state index contributed by atoms with van der Waals surface area (Å²) in [5.41, 5.74) is 0.338. The van der Waals surface area contributed by atoms with E-state index in [2.05, 4.69) is 12.2 Å². The summed E-state index contributed by atoms with van der Waals surface area (Å²) >= 11 is 5.69. The molecule has 1 aromatic rings. The molecular formula is C16H23ClFNO2. The number of benzene rings is 1. The normalized spacial score (nSPS) is 23.8. The van der Waals surface area contributed by atoms with Crippen molar-refractivity contribution in [2.75, 3.05) is 18.5 Å². The summed E-state index contributed by atoms with van der Waals surface area (Å²) in [4.78, 5) is 0. The quantitative estimate of drug-likeness (QED) is 0.838. The summed E-state index contributed by atoms with van der Waals surface area (Å²) in [6.45, 7) is 2.76. The van der Waals surface area contributed by atoms with Crippen molar-refractivity contribution < 1.29 is 14.2 Å². The van der Waals surface area contributed by atoms with Crippen LogP contribution in [0.25, 0.3) is 0 Å². The average molecular weight is 316 g/mol. The van der Waals surface area contributed by atoms with Crippen molar-refractivity contribution in [1.82, 2.24) is 0 Å². The van der Waals surface area contributed by atoms with Gasteiger partial charge in [-0.15, -0.1) is 0 Å². The monoisotopic (exact) mass is 315 g/mol. The maximum atomic E-state index is 13.6. The summed E-state index contributed by atoms with van der Waals surface area (Å²) in [5, 5.41) is 13.1. The van der Waals surface area contributed by atoms with E-state index in [4.69, 9.17) is 16.3 Å². The molecule has 0 spiro atoms. The van der Waals surface area contributed by atoms with Crippen LogP contribution in [-0.4, -0.2) is 30.5 Å². The second-order valence-corrected chi connectivity index (χ2v) is 6.32. The Balaban J connectivity index is 1.70. The highest BCUT2D eigenvalue weighted by molar-refractivity contribution is 6.30. The number of anilines is 1. The summed E-state index contributed by atoms with van der Waals surface area (Å²) in [6.07, 6.45) is 4.17. The molecule has 3 unspecified atom stereocenters. The molecule has 0 aliphatic heterocycles. The van der Waals surface area contributed by atoms with Gasteiger partial charge in [-0.2, -0.15) is 0 Å². The van der Waals surface area contributed by atoms with E-state index in [9.17, 15) is 9.50 Å². The summed E-state index contributed by atoms with van der Waals surface area (Å²) < 4.78 is 19.3. The summed E-state index contributed by atoms with van der Waals surface area (Å²) in [7, 11) is 0. The Hall–Kier alpha value is -0.840. The molecule has 1 saturated carbocycles. The van der Waals surface area contributed by atoms with Crippen LogP contribution >= 0.6 is 11.6 Å². The minimum Gasteiger partial charge on any atom is -0.389 e. The van der Waals surface area contributed by atoms with Gasteiger partial charge in [-0.05, 0) is 37.0 Å². The fourth-order valence-electron chi connectivity index (χ4n) is 2.70. The first kappa shape index (κ1) is 16.5. The van der Waals surface area contributed by atoms with E-state index in [-0.39, 0.29) is 19.3 Å². The lowest BCUT2D eigenvalue weighted by Gasteiger charge is -2.27. The van der Waals surface area contributed by atoms with Crippen molar-refractivity contribution in [3.05, 3.63) is 29.0 Å². The Kier molecular flexibility index (Phi) is 6.27. The molecule has 1 aromatic carbocycles. The average Bonchev–Trinajstić information content (AvgIpc) is 2.44. The molecule has 2 rings (SSSR count). The molecule has 3 nitrogen and oxygen atoms in total. The first-order chi connectivity index (χ1) is 10.0. The molecule has 3 atom stereocenters. The van der Waals surface area contributed by atoms with Gasteiger partial charge in [0.15, 0.2) is 0 Å². The third-order valence-corrected chi connectivity index (χ3v) is 4.11. The molecule has 0 saturated heterocycles. The maximum absolute atomic E-state index is 13.6. The minimum absolute atomic E-state index is 0.246.